The number of carbonyl (C=O) groups is 1. The van der Waals surface area contributed by atoms with Crippen molar-refractivity contribution in [2.45, 2.75) is 6.54 Å². The van der Waals surface area contributed by atoms with Crippen LogP contribution in [0.5, 0.6) is 0 Å². The molecule has 3 N–H and O–H groups in total. The first-order valence-corrected chi connectivity index (χ1v) is 9.94. The average Bonchev–Trinajstić information content (AvgIpc) is 2.76. The first-order valence-electron chi connectivity index (χ1n) is 9.94. The number of aliphatic imine (C=N–C) groups is 1. The van der Waals surface area contributed by atoms with Crippen LogP contribution in [-0.2, 0) is 6.54 Å². The minimum atomic E-state index is -0.409. The average molecular weight is 519 g/mol. The molecule has 1 fully saturated rings. The van der Waals surface area contributed by atoms with Crippen molar-refractivity contribution < 1.29 is 4.79 Å². The lowest BCUT2D eigenvalue weighted by atomic mass is 10.1. The molecule has 2 aromatic carbocycles. The number of nitrogens with zero attached hydrogens (tertiary/aromatic N) is 3. The summed E-state index contributed by atoms with van der Waals surface area (Å²) in [6.45, 7) is 5.41. The van der Waals surface area contributed by atoms with E-state index in [0.29, 0.717) is 12.1 Å². The minimum absolute atomic E-state index is 0. The van der Waals surface area contributed by atoms with Crippen molar-refractivity contribution in [1.29, 1.82) is 0 Å². The smallest absolute Gasteiger partial charge is 0.248 e. The Morgan fingerprint density at radius 1 is 1.10 bits per heavy atom. The van der Waals surface area contributed by atoms with E-state index >= 15 is 0 Å². The molecule has 0 unspecified atom stereocenters. The summed E-state index contributed by atoms with van der Waals surface area (Å²) >= 11 is 0. The Morgan fingerprint density at radius 2 is 1.83 bits per heavy atom. The van der Waals surface area contributed by atoms with Gasteiger partial charge in [0.05, 0.1) is 0 Å². The van der Waals surface area contributed by atoms with Crippen LogP contribution in [0.4, 0.5) is 0 Å². The number of guanidine groups is 1. The molecule has 6 nitrogen and oxygen atoms in total. The molecule has 1 amide bonds. The molecular weight excluding hydrogens is 489 g/mol. The van der Waals surface area contributed by atoms with E-state index in [1.165, 1.54) is 5.56 Å². The van der Waals surface area contributed by atoms with Crippen molar-refractivity contribution in [3.8, 4) is 0 Å². The van der Waals surface area contributed by atoms with Gasteiger partial charge in [0.1, 0.15) is 0 Å². The zero-order valence-corrected chi connectivity index (χ0v) is 19.7. The highest BCUT2D eigenvalue weighted by atomic mass is 127. The molecule has 1 saturated heterocycles. The van der Waals surface area contributed by atoms with Crippen LogP contribution in [0.25, 0.3) is 6.08 Å². The summed E-state index contributed by atoms with van der Waals surface area (Å²) in [4.78, 5) is 20.5. The fraction of sp³-hybridized carbons (Fsp3) is 0.304. The molecular formula is C23H30IN5O. The Bertz CT molecular complexity index is 861. The second kappa shape index (κ2) is 12.3. The molecule has 0 radical (unpaired) electrons. The Kier molecular flexibility index (Phi) is 9.82. The number of nitrogens with one attached hydrogen (secondary N) is 1. The summed E-state index contributed by atoms with van der Waals surface area (Å²) in [6, 6.07) is 17.7. The van der Waals surface area contributed by atoms with Crippen molar-refractivity contribution in [2.75, 3.05) is 39.8 Å². The third kappa shape index (κ3) is 7.14. The van der Waals surface area contributed by atoms with Crippen LogP contribution in [0.15, 0.2) is 65.7 Å². The fourth-order valence-electron chi connectivity index (χ4n) is 3.39. The number of hydrogen-bond acceptors (Lipinski definition) is 3. The van der Waals surface area contributed by atoms with E-state index in [2.05, 4.69) is 56.5 Å². The number of primary amides is 1. The molecule has 1 heterocycles. The van der Waals surface area contributed by atoms with Gasteiger partial charge in [-0.3, -0.25) is 14.7 Å². The largest absolute Gasteiger partial charge is 0.366 e. The Labute approximate surface area is 195 Å². The first kappa shape index (κ1) is 23.9. The van der Waals surface area contributed by atoms with Crippen LogP contribution >= 0.6 is 24.0 Å². The summed E-state index contributed by atoms with van der Waals surface area (Å²) in [7, 11) is 1.80. The monoisotopic (exact) mass is 519 g/mol. The van der Waals surface area contributed by atoms with Gasteiger partial charge in [-0.05, 0) is 23.3 Å². The molecule has 2 aromatic rings. The van der Waals surface area contributed by atoms with Gasteiger partial charge in [-0.2, -0.15) is 0 Å². The van der Waals surface area contributed by atoms with Crippen molar-refractivity contribution in [2.24, 2.45) is 10.7 Å². The maximum Gasteiger partial charge on any atom is 0.248 e. The van der Waals surface area contributed by atoms with E-state index in [4.69, 9.17) is 5.73 Å². The molecule has 0 spiro atoms. The second-order valence-corrected chi connectivity index (χ2v) is 7.07. The maximum absolute atomic E-state index is 11.3. The number of carbonyl (C=O) groups excluding carboxylic acids is 1. The lowest BCUT2D eigenvalue weighted by Crippen LogP contribution is -2.52. The minimum Gasteiger partial charge on any atom is -0.366 e. The van der Waals surface area contributed by atoms with Gasteiger partial charge in [0, 0.05) is 51.9 Å². The predicted octanol–water partition coefficient (Wildman–Crippen LogP) is 2.81. The van der Waals surface area contributed by atoms with Gasteiger partial charge in [0.2, 0.25) is 5.91 Å². The van der Waals surface area contributed by atoms with Crippen LogP contribution in [-0.4, -0.2) is 61.4 Å². The van der Waals surface area contributed by atoms with Gasteiger partial charge in [0.25, 0.3) is 0 Å². The number of rotatable bonds is 6. The van der Waals surface area contributed by atoms with Crippen LogP contribution in [0.3, 0.4) is 0 Å². The van der Waals surface area contributed by atoms with E-state index in [-0.39, 0.29) is 24.0 Å². The molecule has 0 bridgehead atoms. The molecule has 1 aliphatic rings. The number of piperazine rings is 1. The molecule has 7 heteroatoms. The second-order valence-electron chi connectivity index (χ2n) is 7.07. The Balaban J connectivity index is 0.00000320. The lowest BCUT2D eigenvalue weighted by Gasteiger charge is -2.36. The van der Waals surface area contributed by atoms with Gasteiger partial charge in [-0.25, -0.2) is 0 Å². The van der Waals surface area contributed by atoms with E-state index in [1.807, 2.05) is 24.3 Å². The van der Waals surface area contributed by atoms with Gasteiger partial charge in [0.15, 0.2) is 5.96 Å². The summed E-state index contributed by atoms with van der Waals surface area (Å²) < 4.78 is 0. The van der Waals surface area contributed by atoms with E-state index in [1.54, 1.807) is 13.1 Å². The third-order valence-electron chi connectivity index (χ3n) is 5.02. The topological polar surface area (TPSA) is 74.0 Å². The number of amides is 1. The Hall–Kier alpha value is -2.39. The van der Waals surface area contributed by atoms with Gasteiger partial charge in [-0.15, -0.1) is 24.0 Å². The first-order chi connectivity index (χ1) is 14.2. The molecule has 0 aliphatic carbocycles. The number of nitrogens with two attached hydrogens (primary N) is 1. The van der Waals surface area contributed by atoms with Crippen LogP contribution in [0, 0.1) is 0 Å². The quantitative estimate of drug-likeness (QED) is 0.350. The molecule has 1 aliphatic heterocycles. The van der Waals surface area contributed by atoms with Crippen molar-refractivity contribution in [3.05, 3.63) is 77.4 Å². The van der Waals surface area contributed by atoms with E-state index in [9.17, 15) is 4.79 Å². The summed E-state index contributed by atoms with van der Waals surface area (Å²) in [5, 5.41) is 3.39. The highest BCUT2D eigenvalue weighted by Gasteiger charge is 2.18. The van der Waals surface area contributed by atoms with Gasteiger partial charge >= 0.3 is 0 Å². The maximum atomic E-state index is 11.3. The highest BCUT2D eigenvalue weighted by Crippen LogP contribution is 2.07. The fourth-order valence-corrected chi connectivity index (χ4v) is 3.39. The summed E-state index contributed by atoms with van der Waals surface area (Å²) in [5.74, 6) is 0.475. The van der Waals surface area contributed by atoms with Gasteiger partial charge in [-0.1, -0.05) is 54.6 Å². The standard InChI is InChI=1S/C23H29N5O.HI/c1-25-23(26-18-20-9-5-11-21(17-20)22(24)29)28-15-13-27(14-16-28)12-6-10-19-7-3-2-4-8-19;/h2-11,17H,12-16,18H2,1H3,(H2,24,29)(H,25,26);1H. The van der Waals surface area contributed by atoms with Gasteiger partial charge < -0.3 is 16.0 Å². The van der Waals surface area contributed by atoms with Crippen molar-refractivity contribution in [3.63, 3.8) is 0 Å². The molecule has 3 rings (SSSR count). The van der Waals surface area contributed by atoms with Crippen LogP contribution in [0.2, 0.25) is 0 Å². The zero-order chi connectivity index (χ0) is 20.5. The lowest BCUT2D eigenvalue weighted by molar-refractivity contribution is 0.1000. The summed E-state index contributed by atoms with van der Waals surface area (Å²) in [5.41, 5.74) is 8.13. The molecule has 0 atom stereocenters. The van der Waals surface area contributed by atoms with Crippen LogP contribution in [0.1, 0.15) is 21.5 Å². The predicted molar refractivity (Wildman–Crippen MR) is 134 cm³/mol. The summed E-state index contributed by atoms with van der Waals surface area (Å²) in [6.07, 6.45) is 4.40. The third-order valence-corrected chi connectivity index (χ3v) is 5.02. The van der Waals surface area contributed by atoms with E-state index < -0.39 is 5.91 Å². The van der Waals surface area contributed by atoms with Crippen LogP contribution < -0.4 is 11.1 Å². The number of benzene rings is 2. The van der Waals surface area contributed by atoms with Crippen molar-refractivity contribution >= 4 is 41.9 Å². The van der Waals surface area contributed by atoms with E-state index in [0.717, 1.165) is 44.2 Å². The molecule has 0 aromatic heterocycles. The highest BCUT2D eigenvalue weighted by molar-refractivity contribution is 14.0. The molecule has 30 heavy (non-hydrogen) atoms. The Morgan fingerprint density at radius 3 is 2.50 bits per heavy atom. The SMILES string of the molecule is CN=C(NCc1cccc(C(N)=O)c1)N1CCN(CC=Cc2ccccc2)CC1.I. The molecule has 0 saturated carbocycles. The van der Waals surface area contributed by atoms with Crippen molar-refractivity contribution in [1.82, 2.24) is 15.1 Å². The number of hydrogen-bond donors (Lipinski definition) is 2. The normalized spacial score (nSPS) is 15.1. The number of halogens is 1. The zero-order valence-electron chi connectivity index (χ0n) is 17.3. The molecule has 160 valence electrons.